The number of nitrogens with one attached hydrogen (secondary N) is 1. The average Bonchev–Trinajstić information content (AvgIpc) is 2.82. The summed E-state index contributed by atoms with van der Waals surface area (Å²) in [6.45, 7) is 6.28. The summed E-state index contributed by atoms with van der Waals surface area (Å²) in [5.41, 5.74) is 2.52. The highest BCUT2D eigenvalue weighted by Gasteiger charge is 2.19. The van der Waals surface area contributed by atoms with Crippen molar-refractivity contribution in [2.45, 2.75) is 45.6 Å². The van der Waals surface area contributed by atoms with Crippen LogP contribution in [-0.4, -0.2) is 19.2 Å². The third-order valence-corrected chi connectivity index (χ3v) is 3.69. The van der Waals surface area contributed by atoms with Crippen molar-refractivity contribution < 1.29 is 4.74 Å². The van der Waals surface area contributed by atoms with E-state index >= 15 is 0 Å². The highest BCUT2D eigenvalue weighted by molar-refractivity contribution is 6.30. The highest BCUT2D eigenvalue weighted by Crippen LogP contribution is 2.33. The van der Waals surface area contributed by atoms with Crippen molar-refractivity contribution in [1.82, 2.24) is 5.32 Å². The molecule has 1 N–H and O–H groups in total. The van der Waals surface area contributed by atoms with E-state index in [1.165, 1.54) is 17.5 Å². The van der Waals surface area contributed by atoms with Crippen LogP contribution in [-0.2, 0) is 12.8 Å². The van der Waals surface area contributed by atoms with Gasteiger partial charge in [-0.2, -0.15) is 0 Å². The van der Waals surface area contributed by atoms with Crippen molar-refractivity contribution in [1.29, 1.82) is 0 Å². The first-order chi connectivity index (χ1) is 8.74. The number of fused-ring (bicyclic) bond motifs is 1. The predicted octanol–water partition coefficient (Wildman–Crippen LogP) is 3.60. The van der Waals surface area contributed by atoms with E-state index in [4.69, 9.17) is 16.3 Å². The zero-order valence-corrected chi connectivity index (χ0v) is 12.0. The minimum atomic E-state index is 0.511. The molecule has 0 bridgehead atoms. The maximum Gasteiger partial charge on any atom is 0.125 e. The Morgan fingerprint density at radius 3 is 2.94 bits per heavy atom. The van der Waals surface area contributed by atoms with E-state index in [1.807, 2.05) is 6.07 Å². The Morgan fingerprint density at radius 2 is 2.22 bits per heavy atom. The molecule has 2 nitrogen and oxygen atoms in total. The van der Waals surface area contributed by atoms with Crippen molar-refractivity contribution in [3.05, 3.63) is 28.3 Å². The molecule has 1 unspecified atom stereocenters. The molecule has 0 fully saturated rings. The van der Waals surface area contributed by atoms with Crippen molar-refractivity contribution in [3.8, 4) is 5.75 Å². The van der Waals surface area contributed by atoms with Crippen LogP contribution < -0.4 is 10.1 Å². The standard InChI is InChI=1S/C15H22ClNO/c1-3-6-17-14(4-2)10-12-9-13(16)8-11-5-7-18-15(11)12/h8-9,14,17H,3-7,10H2,1-2H3. The first-order valence-electron chi connectivity index (χ1n) is 6.92. The molecule has 1 aromatic rings. The Kier molecular flexibility index (Phi) is 4.90. The van der Waals surface area contributed by atoms with Gasteiger partial charge in [0, 0.05) is 17.5 Å². The summed E-state index contributed by atoms with van der Waals surface area (Å²) in [4.78, 5) is 0. The van der Waals surface area contributed by atoms with Gasteiger partial charge in [-0.1, -0.05) is 25.4 Å². The van der Waals surface area contributed by atoms with Crippen molar-refractivity contribution in [2.75, 3.05) is 13.2 Å². The van der Waals surface area contributed by atoms with Crippen LogP contribution in [0, 0.1) is 0 Å². The number of halogens is 1. The van der Waals surface area contributed by atoms with E-state index in [1.54, 1.807) is 0 Å². The quantitative estimate of drug-likeness (QED) is 0.850. The third kappa shape index (κ3) is 3.18. The smallest absolute Gasteiger partial charge is 0.125 e. The average molecular weight is 268 g/mol. The summed E-state index contributed by atoms with van der Waals surface area (Å²) in [5.74, 6) is 1.08. The van der Waals surface area contributed by atoms with Gasteiger partial charge in [0.25, 0.3) is 0 Å². The first-order valence-corrected chi connectivity index (χ1v) is 7.29. The monoisotopic (exact) mass is 267 g/mol. The molecule has 1 aliphatic heterocycles. The van der Waals surface area contributed by atoms with Crippen LogP contribution in [0.4, 0.5) is 0 Å². The van der Waals surface area contributed by atoms with Gasteiger partial charge in [0.05, 0.1) is 6.61 Å². The molecular formula is C15H22ClNO. The van der Waals surface area contributed by atoms with Crippen LogP contribution in [0.15, 0.2) is 12.1 Å². The van der Waals surface area contributed by atoms with Gasteiger partial charge in [0.15, 0.2) is 0 Å². The molecule has 2 rings (SSSR count). The lowest BCUT2D eigenvalue weighted by Gasteiger charge is -2.18. The molecule has 1 atom stereocenters. The molecule has 0 spiro atoms. The molecule has 0 saturated carbocycles. The van der Waals surface area contributed by atoms with Crippen molar-refractivity contribution in [3.63, 3.8) is 0 Å². The van der Waals surface area contributed by atoms with E-state index in [2.05, 4.69) is 25.2 Å². The summed E-state index contributed by atoms with van der Waals surface area (Å²) in [6.07, 6.45) is 4.28. The Labute approximate surface area is 115 Å². The molecule has 1 aliphatic rings. The second-order valence-corrected chi connectivity index (χ2v) is 5.35. The maximum absolute atomic E-state index is 6.18. The van der Waals surface area contributed by atoms with E-state index in [0.717, 1.165) is 43.2 Å². The van der Waals surface area contributed by atoms with Gasteiger partial charge >= 0.3 is 0 Å². The van der Waals surface area contributed by atoms with Gasteiger partial charge in [-0.05, 0) is 49.1 Å². The first kappa shape index (κ1) is 13.7. The molecule has 0 radical (unpaired) electrons. The molecule has 18 heavy (non-hydrogen) atoms. The van der Waals surface area contributed by atoms with Crippen LogP contribution in [0.25, 0.3) is 0 Å². The topological polar surface area (TPSA) is 21.3 Å². The van der Waals surface area contributed by atoms with E-state index < -0.39 is 0 Å². The second kappa shape index (κ2) is 6.44. The second-order valence-electron chi connectivity index (χ2n) is 4.92. The molecule has 0 amide bonds. The number of ether oxygens (including phenoxy) is 1. The zero-order valence-electron chi connectivity index (χ0n) is 11.3. The number of hydrogen-bond acceptors (Lipinski definition) is 2. The van der Waals surface area contributed by atoms with Gasteiger partial charge in [-0.25, -0.2) is 0 Å². The lowest BCUT2D eigenvalue weighted by atomic mass is 10.00. The fourth-order valence-corrected chi connectivity index (χ4v) is 2.74. The lowest BCUT2D eigenvalue weighted by molar-refractivity contribution is 0.351. The predicted molar refractivity (Wildman–Crippen MR) is 76.7 cm³/mol. The molecule has 0 saturated heterocycles. The van der Waals surface area contributed by atoms with E-state index in [-0.39, 0.29) is 0 Å². The normalized spacial score (nSPS) is 15.3. The van der Waals surface area contributed by atoms with Gasteiger partial charge in [0.2, 0.25) is 0 Å². The number of hydrogen-bond donors (Lipinski definition) is 1. The number of rotatable bonds is 6. The molecule has 1 heterocycles. The van der Waals surface area contributed by atoms with Crippen molar-refractivity contribution in [2.24, 2.45) is 0 Å². The van der Waals surface area contributed by atoms with Crippen LogP contribution in [0.2, 0.25) is 5.02 Å². The highest BCUT2D eigenvalue weighted by atomic mass is 35.5. The minimum absolute atomic E-state index is 0.511. The fourth-order valence-electron chi connectivity index (χ4n) is 2.47. The Balaban J connectivity index is 2.12. The van der Waals surface area contributed by atoms with Crippen LogP contribution in [0.5, 0.6) is 5.75 Å². The summed E-state index contributed by atoms with van der Waals surface area (Å²) >= 11 is 6.18. The maximum atomic E-state index is 6.18. The van der Waals surface area contributed by atoms with Crippen LogP contribution in [0.1, 0.15) is 37.8 Å². The summed E-state index contributed by atoms with van der Waals surface area (Å²) in [5, 5.41) is 4.41. The van der Waals surface area contributed by atoms with E-state index in [0.29, 0.717) is 6.04 Å². The van der Waals surface area contributed by atoms with Gasteiger partial charge < -0.3 is 10.1 Å². The Morgan fingerprint density at radius 1 is 1.39 bits per heavy atom. The van der Waals surface area contributed by atoms with Crippen molar-refractivity contribution >= 4 is 11.6 Å². The van der Waals surface area contributed by atoms with Crippen LogP contribution in [0.3, 0.4) is 0 Å². The number of benzene rings is 1. The zero-order chi connectivity index (χ0) is 13.0. The largest absolute Gasteiger partial charge is 0.493 e. The van der Waals surface area contributed by atoms with E-state index in [9.17, 15) is 0 Å². The Bertz CT molecular complexity index is 406. The summed E-state index contributed by atoms with van der Waals surface area (Å²) in [6, 6.07) is 4.60. The third-order valence-electron chi connectivity index (χ3n) is 3.47. The van der Waals surface area contributed by atoms with Crippen LogP contribution >= 0.6 is 11.6 Å². The van der Waals surface area contributed by atoms with Gasteiger partial charge in [0.1, 0.15) is 5.75 Å². The molecule has 1 aromatic carbocycles. The lowest BCUT2D eigenvalue weighted by Crippen LogP contribution is -2.31. The molecule has 0 aromatic heterocycles. The molecule has 0 aliphatic carbocycles. The minimum Gasteiger partial charge on any atom is -0.493 e. The molecule has 3 heteroatoms. The molecule has 100 valence electrons. The van der Waals surface area contributed by atoms with Gasteiger partial charge in [-0.15, -0.1) is 0 Å². The Hall–Kier alpha value is -0.730. The SMILES string of the molecule is CCCNC(CC)Cc1cc(Cl)cc2c1OCC2. The van der Waals surface area contributed by atoms with Gasteiger partial charge in [-0.3, -0.25) is 0 Å². The fraction of sp³-hybridized carbons (Fsp3) is 0.600. The summed E-state index contributed by atoms with van der Waals surface area (Å²) in [7, 11) is 0. The summed E-state index contributed by atoms with van der Waals surface area (Å²) < 4.78 is 5.75. The molecular weight excluding hydrogens is 246 g/mol.